The summed E-state index contributed by atoms with van der Waals surface area (Å²) in [5, 5.41) is 6.09. The van der Waals surface area contributed by atoms with Crippen molar-refractivity contribution in [3.8, 4) is 11.3 Å². The molecule has 0 aliphatic carbocycles. The summed E-state index contributed by atoms with van der Waals surface area (Å²) >= 11 is 0. The summed E-state index contributed by atoms with van der Waals surface area (Å²) in [5.41, 5.74) is 4.65. The number of nitrogen functional groups attached to an aromatic ring is 1. The van der Waals surface area contributed by atoms with Crippen molar-refractivity contribution >= 4 is 5.82 Å². The highest BCUT2D eigenvalue weighted by Crippen LogP contribution is 2.33. The molecule has 1 heterocycles. The number of hydrogen-bond acceptors (Lipinski definition) is 2. The summed E-state index contributed by atoms with van der Waals surface area (Å²) in [6, 6.07) is 4.03. The lowest BCUT2D eigenvalue weighted by Gasteiger charge is -2.08. The lowest BCUT2D eigenvalue weighted by Crippen LogP contribution is -2.07. The Hall–Kier alpha value is -2.05. The van der Waals surface area contributed by atoms with E-state index < -0.39 is 17.6 Å². The number of nitrogens with two attached hydrogens (primary N) is 1. The van der Waals surface area contributed by atoms with E-state index in [9.17, 15) is 17.6 Å². The Morgan fingerprint density at radius 3 is 2.35 bits per heavy atom. The van der Waals surface area contributed by atoms with Crippen LogP contribution in [0.3, 0.4) is 0 Å². The Bertz CT molecular complexity index is 545. The molecule has 7 heteroatoms. The van der Waals surface area contributed by atoms with Crippen LogP contribution in [0.5, 0.6) is 0 Å². The van der Waals surface area contributed by atoms with Crippen molar-refractivity contribution in [2.24, 2.45) is 0 Å². The van der Waals surface area contributed by atoms with Crippen molar-refractivity contribution in [1.82, 2.24) is 10.2 Å². The van der Waals surface area contributed by atoms with E-state index >= 15 is 0 Å². The van der Waals surface area contributed by atoms with Gasteiger partial charge in [0.25, 0.3) is 0 Å². The van der Waals surface area contributed by atoms with Gasteiger partial charge in [-0.25, -0.2) is 4.39 Å². The van der Waals surface area contributed by atoms with Crippen LogP contribution < -0.4 is 5.73 Å². The first-order valence-corrected chi connectivity index (χ1v) is 4.56. The average molecular weight is 245 g/mol. The van der Waals surface area contributed by atoms with Crippen LogP contribution in [0, 0.1) is 5.82 Å². The molecule has 3 nitrogen and oxygen atoms in total. The van der Waals surface area contributed by atoms with Gasteiger partial charge in [-0.05, 0) is 12.1 Å². The van der Waals surface area contributed by atoms with Crippen LogP contribution in [0.4, 0.5) is 23.4 Å². The molecule has 1 aromatic heterocycles. The zero-order valence-electron chi connectivity index (χ0n) is 8.35. The molecular weight excluding hydrogens is 238 g/mol. The minimum Gasteiger partial charge on any atom is -0.382 e. The number of alkyl halides is 3. The summed E-state index contributed by atoms with van der Waals surface area (Å²) in [6.45, 7) is 0. The van der Waals surface area contributed by atoms with Crippen molar-refractivity contribution < 1.29 is 17.6 Å². The molecule has 0 spiro atoms. The standard InChI is InChI=1S/C10H7F4N3/c11-7-3-5(8-4-9(15)17-16-8)1-2-6(7)10(12,13)14/h1-4H,(H3,15,16,17). The van der Waals surface area contributed by atoms with E-state index in [4.69, 9.17) is 5.73 Å². The summed E-state index contributed by atoms with van der Waals surface area (Å²) in [7, 11) is 0. The number of nitrogens with zero attached hydrogens (tertiary/aromatic N) is 1. The number of hydrogen-bond donors (Lipinski definition) is 2. The first-order valence-electron chi connectivity index (χ1n) is 4.56. The van der Waals surface area contributed by atoms with E-state index in [1.54, 1.807) is 0 Å². The van der Waals surface area contributed by atoms with E-state index in [0.717, 1.165) is 12.1 Å². The Morgan fingerprint density at radius 1 is 1.18 bits per heavy atom. The normalized spacial score (nSPS) is 11.8. The van der Waals surface area contributed by atoms with Crippen molar-refractivity contribution in [2.45, 2.75) is 6.18 Å². The number of aromatic amines is 1. The maximum absolute atomic E-state index is 13.3. The van der Waals surface area contributed by atoms with Crippen LogP contribution in [0.25, 0.3) is 11.3 Å². The fourth-order valence-corrected chi connectivity index (χ4v) is 1.40. The molecule has 0 amide bonds. The predicted molar refractivity (Wildman–Crippen MR) is 53.4 cm³/mol. The number of nitrogens with one attached hydrogen (secondary N) is 1. The minimum atomic E-state index is -4.70. The molecule has 0 aliphatic heterocycles. The van der Waals surface area contributed by atoms with Gasteiger partial charge in [-0.3, -0.25) is 5.10 Å². The third kappa shape index (κ3) is 2.22. The lowest BCUT2D eigenvalue weighted by atomic mass is 10.1. The number of aromatic nitrogens is 2. The summed E-state index contributed by atoms with van der Waals surface area (Å²) in [6.07, 6.45) is -4.70. The zero-order valence-corrected chi connectivity index (χ0v) is 8.35. The van der Waals surface area contributed by atoms with E-state index in [1.165, 1.54) is 6.07 Å². The second-order valence-electron chi connectivity index (χ2n) is 3.40. The molecule has 0 aliphatic rings. The highest BCUT2D eigenvalue weighted by atomic mass is 19.4. The van der Waals surface area contributed by atoms with Gasteiger partial charge in [0.15, 0.2) is 0 Å². The molecule has 2 rings (SSSR count). The van der Waals surface area contributed by atoms with Crippen LogP contribution in [0.1, 0.15) is 5.56 Å². The van der Waals surface area contributed by atoms with Gasteiger partial charge in [0, 0.05) is 11.6 Å². The maximum atomic E-state index is 13.3. The molecular formula is C10H7F4N3. The fourth-order valence-electron chi connectivity index (χ4n) is 1.40. The molecule has 0 saturated heterocycles. The topological polar surface area (TPSA) is 54.7 Å². The van der Waals surface area contributed by atoms with E-state index in [1.807, 2.05) is 0 Å². The van der Waals surface area contributed by atoms with Crippen LogP contribution >= 0.6 is 0 Å². The van der Waals surface area contributed by atoms with Crippen LogP contribution in [-0.4, -0.2) is 10.2 Å². The predicted octanol–water partition coefficient (Wildman–Crippen LogP) is 2.82. The van der Waals surface area contributed by atoms with Gasteiger partial charge in [-0.15, -0.1) is 0 Å². The first-order chi connectivity index (χ1) is 7.88. The zero-order chi connectivity index (χ0) is 12.6. The second-order valence-corrected chi connectivity index (χ2v) is 3.40. The average Bonchev–Trinajstić information content (AvgIpc) is 2.62. The first kappa shape index (κ1) is 11.4. The molecule has 0 bridgehead atoms. The monoisotopic (exact) mass is 245 g/mol. The Labute approximate surface area is 93.3 Å². The Kier molecular flexibility index (Phi) is 2.53. The van der Waals surface area contributed by atoms with Crippen LogP contribution in [0.2, 0.25) is 0 Å². The molecule has 3 N–H and O–H groups in total. The van der Waals surface area contributed by atoms with Crippen molar-refractivity contribution in [3.63, 3.8) is 0 Å². The maximum Gasteiger partial charge on any atom is 0.419 e. The van der Waals surface area contributed by atoms with Crippen molar-refractivity contribution in [3.05, 3.63) is 35.6 Å². The van der Waals surface area contributed by atoms with E-state index in [-0.39, 0.29) is 11.4 Å². The molecule has 2 aromatic rings. The summed E-state index contributed by atoms with van der Waals surface area (Å²) < 4.78 is 50.2. The van der Waals surface area contributed by atoms with Gasteiger partial charge in [0.05, 0.1) is 11.3 Å². The van der Waals surface area contributed by atoms with Gasteiger partial charge in [-0.1, -0.05) is 6.07 Å². The molecule has 0 atom stereocenters. The highest BCUT2D eigenvalue weighted by molar-refractivity contribution is 5.62. The van der Waals surface area contributed by atoms with Crippen LogP contribution in [0.15, 0.2) is 24.3 Å². The highest BCUT2D eigenvalue weighted by Gasteiger charge is 2.33. The number of rotatable bonds is 1. The van der Waals surface area contributed by atoms with Crippen molar-refractivity contribution in [2.75, 3.05) is 5.73 Å². The Morgan fingerprint density at radius 2 is 1.88 bits per heavy atom. The van der Waals surface area contributed by atoms with Gasteiger partial charge >= 0.3 is 6.18 Å². The smallest absolute Gasteiger partial charge is 0.382 e. The molecule has 0 radical (unpaired) electrons. The largest absolute Gasteiger partial charge is 0.419 e. The van der Waals surface area contributed by atoms with Gasteiger partial charge in [0.1, 0.15) is 11.6 Å². The minimum absolute atomic E-state index is 0.181. The third-order valence-corrected chi connectivity index (χ3v) is 2.18. The summed E-state index contributed by atoms with van der Waals surface area (Å²) in [5.74, 6) is -1.15. The quantitative estimate of drug-likeness (QED) is 0.759. The third-order valence-electron chi connectivity index (χ3n) is 2.18. The molecule has 0 fully saturated rings. The summed E-state index contributed by atoms with van der Waals surface area (Å²) in [4.78, 5) is 0. The number of halogens is 4. The number of H-pyrrole nitrogens is 1. The van der Waals surface area contributed by atoms with Crippen LogP contribution in [-0.2, 0) is 6.18 Å². The molecule has 0 unspecified atom stereocenters. The van der Waals surface area contributed by atoms with Gasteiger partial charge in [-0.2, -0.15) is 18.3 Å². The Balaban J connectivity index is 2.44. The van der Waals surface area contributed by atoms with E-state index in [0.29, 0.717) is 11.8 Å². The molecule has 90 valence electrons. The fraction of sp³-hybridized carbons (Fsp3) is 0.100. The molecule has 0 saturated carbocycles. The lowest BCUT2D eigenvalue weighted by molar-refractivity contribution is -0.139. The van der Waals surface area contributed by atoms with Gasteiger partial charge < -0.3 is 5.73 Å². The van der Waals surface area contributed by atoms with Crippen molar-refractivity contribution in [1.29, 1.82) is 0 Å². The SMILES string of the molecule is Nc1cc(-c2ccc(C(F)(F)F)c(F)c2)[nH]n1. The van der Waals surface area contributed by atoms with Gasteiger partial charge in [0.2, 0.25) is 0 Å². The molecule has 1 aromatic carbocycles. The number of benzene rings is 1. The van der Waals surface area contributed by atoms with E-state index in [2.05, 4.69) is 10.2 Å². The second kappa shape index (κ2) is 3.76. The molecule has 17 heavy (non-hydrogen) atoms. The number of anilines is 1.